The van der Waals surface area contributed by atoms with Crippen LogP contribution >= 0.6 is 11.3 Å². The van der Waals surface area contributed by atoms with E-state index < -0.39 is 0 Å². The SMILES string of the molecule is COC1CC(NC(=O)c2cc(N)c(C)s2)C1(C)C. The summed E-state index contributed by atoms with van der Waals surface area (Å²) in [6, 6.07) is 1.91. The number of hydrogen-bond acceptors (Lipinski definition) is 4. The zero-order chi connectivity index (χ0) is 13.5. The van der Waals surface area contributed by atoms with Crippen LogP contribution in [0.3, 0.4) is 0 Å². The number of rotatable bonds is 3. The van der Waals surface area contributed by atoms with E-state index in [1.807, 2.05) is 6.92 Å². The van der Waals surface area contributed by atoms with Crippen molar-refractivity contribution in [2.24, 2.45) is 5.41 Å². The maximum atomic E-state index is 12.1. The number of thiophene rings is 1. The molecule has 4 nitrogen and oxygen atoms in total. The molecule has 2 unspecified atom stereocenters. The third kappa shape index (κ3) is 2.12. The third-order valence-corrected chi connectivity index (χ3v) is 5.01. The minimum absolute atomic E-state index is 0.0116. The molecule has 2 atom stereocenters. The highest BCUT2D eigenvalue weighted by Crippen LogP contribution is 2.42. The number of nitrogen functional groups attached to an aromatic ring is 1. The molecule has 2 rings (SSSR count). The molecule has 1 aromatic rings. The minimum Gasteiger partial charge on any atom is -0.398 e. The summed E-state index contributed by atoms with van der Waals surface area (Å²) >= 11 is 1.44. The molecule has 1 amide bonds. The first-order chi connectivity index (χ1) is 8.36. The maximum Gasteiger partial charge on any atom is 0.261 e. The second kappa shape index (κ2) is 4.55. The van der Waals surface area contributed by atoms with Crippen LogP contribution in [0.25, 0.3) is 0 Å². The van der Waals surface area contributed by atoms with E-state index in [1.165, 1.54) is 11.3 Å². The van der Waals surface area contributed by atoms with E-state index in [-0.39, 0.29) is 23.5 Å². The van der Waals surface area contributed by atoms with Crippen LogP contribution in [0.2, 0.25) is 0 Å². The van der Waals surface area contributed by atoms with E-state index in [0.717, 1.165) is 11.3 Å². The molecule has 1 aliphatic carbocycles. The van der Waals surface area contributed by atoms with Gasteiger partial charge in [0.25, 0.3) is 5.91 Å². The molecule has 1 fully saturated rings. The lowest BCUT2D eigenvalue weighted by molar-refractivity contribution is -0.0942. The molecule has 1 heterocycles. The van der Waals surface area contributed by atoms with Crippen molar-refractivity contribution < 1.29 is 9.53 Å². The molecule has 1 saturated carbocycles. The average molecular weight is 268 g/mol. The lowest BCUT2D eigenvalue weighted by Gasteiger charge is -2.51. The number of methoxy groups -OCH3 is 1. The summed E-state index contributed by atoms with van der Waals surface area (Å²) in [4.78, 5) is 13.8. The summed E-state index contributed by atoms with van der Waals surface area (Å²) in [5.41, 5.74) is 6.44. The second-order valence-electron chi connectivity index (χ2n) is 5.43. The first-order valence-electron chi connectivity index (χ1n) is 6.05. The van der Waals surface area contributed by atoms with Crippen molar-refractivity contribution in [3.63, 3.8) is 0 Å². The predicted molar refractivity (Wildman–Crippen MR) is 73.9 cm³/mol. The molecule has 0 aliphatic heterocycles. The minimum atomic E-state index is -0.0348. The van der Waals surface area contributed by atoms with Gasteiger partial charge in [0.2, 0.25) is 0 Å². The number of hydrogen-bond donors (Lipinski definition) is 2. The summed E-state index contributed by atoms with van der Waals surface area (Å²) in [5, 5.41) is 3.06. The Hall–Kier alpha value is -1.07. The van der Waals surface area contributed by atoms with Crippen molar-refractivity contribution in [3.8, 4) is 0 Å². The highest BCUT2D eigenvalue weighted by Gasteiger charge is 2.49. The highest BCUT2D eigenvalue weighted by atomic mass is 32.1. The number of aryl methyl sites for hydroxylation is 1. The third-order valence-electron chi connectivity index (χ3n) is 3.95. The first kappa shape index (κ1) is 13.4. The van der Waals surface area contributed by atoms with E-state index in [4.69, 9.17) is 10.5 Å². The van der Waals surface area contributed by atoms with Crippen molar-refractivity contribution in [2.75, 3.05) is 12.8 Å². The fourth-order valence-corrected chi connectivity index (χ4v) is 3.21. The average Bonchev–Trinajstić information content (AvgIpc) is 2.64. The van der Waals surface area contributed by atoms with Crippen LogP contribution < -0.4 is 11.1 Å². The Morgan fingerprint density at radius 2 is 2.28 bits per heavy atom. The zero-order valence-electron chi connectivity index (χ0n) is 11.2. The van der Waals surface area contributed by atoms with Gasteiger partial charge in [0, 0.05) is 29.1 Å². The van der Waals surface area contributed by atoms with Gasteiger partial charge in [0.05, 0.1) is 11.0 Å². The Balaban J connectivity index is 2.01. The van der Waals surface area contributed by atoms with Gasteiger partial charge in [0.1, 0.15) is 0 Å². The molecular weight excluding hydrogens is 248 g/mol. The fraction of sp³-hybridized carbons (Fsp3) is 0.615. The van der Waals surface area contributed by atoms with Crippen molar-refractivity contribution in [2.45, 2.75) is 39.3 Å². The Bertz CT molecular complexity index is 448. The van der Waals surface area contributed by atoms with Crippen LogP contribution in [0.1, 0.15) is 34.8 Å². The summed E-state index contributed by atoms with van der Waals surface area (Å²) in [6.07, 6.45) is 1.09. The van der Waals surface area contributed by atoms with Gasteiger partial charge >= 0.3 is 0 Å². The summed E-state index contributed by atoms with van der Waals surface area (Å²) in [7, 11) is 1.72. The van der Waals surface area contributed by atoms with E-state index in [0.29, 0.717) is 10.6 Å². The number of carbonyl (C=O) groups is 1. The molecule has 1 aromatic heterocycles. The van der Waals surface area contributed by atoms with Crippen molar-refractivity contribution in [3.05, 3.63) is 15.8 Å². The molecule has 1 aliphatic rings. The zero-order valence-corrected chi connectivity index (χ0v) is 12.1. The van der Waals surface area contributed by atoms with Crippen molar-refractivity contribution in [1.29, 1.82) is 0 Å². The fourth-order valence-electron chi connectivity index (χ4n) is 2.37. The van der Waals surface area contributed by atoms with Gasteiger partial charge in [-0.3, -0.25) is 4.79 Å². The van der Waals surface area contributed by atoms with Crippen LogP contribution in [0, 0.1) is 12.3 Å². The molecule has 18 heavy (non-hydrogen) atoms. The van der Waals surface area contributed by atoms with Gasteiger partial charge in [-0.15, -0.1) is 11.3 Å². The number of carbonyl (C=O) groups excluding carboxylic acids is 1. The molecule has 0 radical (unpaired) electrons. The quantitative estimate of drug-likeness (QED) is 0.883. The van der Waals surface area contributed by atoms with E-state index in [9.17, 15) is 4.79 Å². The Morgan fingerprint density at radius 1 is 1.61 bits per heavy atom. The maximum absolute atomic E-state index is 12.1. The summed E-state index contributed by atoms with van der Waals surface area (Å²) in [6.45, 7) is 6.15. The van der Waals surface area contributed by atoms with E-state index in [1.54, 1.807) is 13.2 Å². The molecule has 100 valence electrons. The lowest BCUT2D eigenvalue weighted by Crippen LogP contribution is -2.61. The van der Waals surface area contributed by atoms with Gasteiger partial charge in [-0.05, 0) is 19.4 Å². The highest BCUT2D eigenvalue weighted by molar-refractivity contribution is 7.14. The Labute approximate surface area is 112 Å². The number of ether oxygens (including phenoxy) is 1. The molecule has 3 N–H and O–H groups in total. The largest absolute Gasteiger partial charge is 0.398 e. The van der Waals surface area contributed by atoms with Crippen LogP contribution in [0.4, 0.5) is 5.69 Å². The number of amides is 1. The van der Waals surface area contributed by atoms with Crippen molar-refractivity contribution in [1.82, 2.24) is 5.32 Å². The molecule has 0 spiro atoms. The van der Waals surface area contributed by atoms with Crippen molar-refractivity contribution >= 4 is 22.9 Å². The first-order valence-corrected chi connectivity index (χ1v) is 6.87. The van der Waals surface area contributed by atoms with Gasteiger partial charge < -0.3 is 15.8 Å². The number of nitrogens with one attached hydrogen (secondary N) is 1. The number of anilines is 1. The molecule has 5 heteroatoms. The topological polar surface area (TPSA) is 64.3 Å². The summed E-state index contributed by atoms with van der Waals surface area (Å²) < 4.78 is 5.37. The van der Waals surface area contributed by atoms with Crippen LogP contribution in [0.5, 0.6) is 0 Å². The number of nitrogens with two attached hydrogens (primary N) is 1. The molecular formula is C13H20N2O2S. The Morgan fingerprint density at radius 3 is 2.72 bits per heavy atom. The Kier molecular flexibility index (Phi) is 3.38. The van der Waals surface area contributed by atoms with Gasteiger partial charge in [-0.1, -0.05) is 13.8 Å². The molecule has 0 aromatic carbocycles. The normalized spacial score (nSPS) is 25.6. The molecule has 0 bridgehead atoms. The van der Waals surface area contributed by atoms with Gasteiger partial charge in [-0.2, -0.15) is 0 Å². The molecule has 0 saturated heterocycles. The standard InChI is InChI=1S/C13H20N2O2S/c1-7-8(14)5-9(18-7)12(16)15-10-6-11(17-4)13(10,2)3/h5,10-11H,6,14H2,1-4H3,(H,15,16). The van der Waals surface area contributed by atoms with Gasteiger partial charge in [0.15, 0.2) is 0 Å². The van der Waals surface area contributed by atoms with Crippen LogP contribution in [0.15, 0.2) is 6.07 Å². The smallest absolute Gasteiger partial charge is 0.261 e. The lowest BCUT2D eigenvalue weighted by atomic mass is 9.64. The van der Waals surface area contributed by atoms with E-state index in [2.05, 4.69) is 19.2 Å². The summed E-state index contributed by atoms with van der Waals surface area (Å²) in [5.74, 6) is -0.0348. The monoisotopic (exact) mass is 268 g/mol. The van der Waals surface area contributed by atoms with Crippen LogP contribution in [-0.4, -0.2) is 25.2 Å². The van der Waals surface area contributed by atoms with E-state index >= 15 is 0 Å². The van der Waals surface area contributed by atoms with Crippen LogP contribution in [-0.2, 0) is 4.74 Å². The van der Waals surface area contributed by atoms with Gasteiger partial charge in [-0.25, -0.2) is 0 Å². The second-order valence-corrected chi connectivity index (χ2v) is 6.69. The predicted octanol–water partition coefficient (Wildman–Crippen LogP) is 2.18.